The quantitative estimate of drug-likeness (QED) is 0.366. The van der Waals surface area contributed by atoms with Crippen LogP contribution in [0.1, 0.15) is 45.0 Å². The SMILES string of the molecule is COc1ccc(C(=O)Nc2cccc(/C=C(\Cl)c3nc4sc5c(c4c(=O)[nH]3)CCCC5)c2)cc1. The number of hydrogen-bond donors (Lipinski definition) is 2. The molecule has 2 N–H and O–H groups in total. The summed E-state index contributed by atoms with van der Waals surface area (Å²) >= 11 is 8.15. The van der Waals surface area contributed by atoms with Crippen LogP contribution in [0, 0.1) is 0 Å². The smallest absolute Gasteiger partial charge is 0.260 e. The number of aromatic nitrogens is 2. The van der Waals surface area contributed by atoms with Crippen molar-refractivity contribution in [3.8, 4) is 5.75 Å². The van der Waals surface area contributed by atoms with Gasteiger partial charge in [0.05, 0.1) is 17.5 Å². The molecule has 0 bridgehead atoms. The van der Waals surface area contributed by atoms with Crippen LogP contribution in [0.15, 0.2) is 53.3 Å². The van der Waals surface area contributed by atoms with Crippen LogP contribution in [-0.4, -0.2) is 23.0 Å². The molecule has 0 spiro atoms. The Morgan fingerprint density at radius 3 is 2.76 bits per heavy atom. The molecule has 0 aliphatic heterocycles. The van der Waals surface area contributed by atoms with Crippen molar-refractivity contribution in [1.82, 2.24) is 9.97 Å². The zero-order valence-electron chi connectivity index (χ0n) is 18.5. The molecule has 0 radical (unpaired) electrons. The minimum atomic E-state index is -0.229. The molecule has 4 aromatic rings. The first kappa shape index (κ1) is 22.4. The van der Waals surface area contributed by atoms with E-state index in [9.17, 15) is 9.59 Å². The van der Waals surface area contributed by atoms with Crippen LogP contribution in [0.25, 0.3) is 21.3 Å². The average Bonchev–Trinajstić information content (AvgIpc) is 3.23. The van der Waals surface area contributed by atoms with Crippen LogP contribution in [0.4, 0.5) is 5.69 Å². The van der Waals surface area contributed by atoms with Crippen LogP contribution < -0.4 is 15.6 Å². The highest BCUT2D eigenvalue weighted by Gasteiger charge is 2.20. The van der Waals surface area contributed by atoms with Gasteiger partial charge in [-0.2, -0.15) is 0 Å². The van der Waals surface area contributed by atoms with Gasteiger partial charge in [-0.15, -0.1) is 11.3 Å². The summed E-state index contributed by atoms with van der Waals surface area (Å²) in [4.78, 5) is 34.9. The van der Waals surface area contributed by atoms with E-state index < -0.39 is 0 Å². The van der Waals surface area contributed by atoms with Crippen LogP contribution in [0.3, 0.4) is 0 Å². The van der Waals surface area contributed by atoms with E-state index in [1.54, 1.807) is 54.9 Å². The molecular formula is C26H22ClN3O3S. The first-order valence-electron chi connectivity index (χ1n) is 11.0. The van der Waals surface area contributed by atoms with Crippen molar-refractivity contribution >= 4 is 55.9 Å². The number of H-pyrrole nitrogens is 1. The van der Waals surface area contributed by atoms with Gasteiger partial charge in [-0.1, -0.05) is 23.7 Å². The van der Waals surface area contributed by atoms with Crippen molar-refractivity contribution in [3.05, 3.63) is 86.3 Å². The maximum Gasteiger partial charge on any atom is 0.260 e. The predicted molar refractivity (Wildman–Crippen MR) is 138 cm³/mol. The van der Waals surface area contributed by atoms with Crippen LogP contribution in [0.5, 0.6) is 5.75 Å². The third-order valence-corrected chi connectivity index (χ3v) is 7.32. The van der Waals surface area contributed by atoms with Crippen LogP contribution in [-0.2, 0) is 12.8 Å². The minimum absolute atomic E-state index is 0.147. The number of fused-ring (bicyclic) bond motifs is 3. The van der Waals surface area contributed by atoms with Crippen molar-refractivity contribution in [2.75, 3.05) is 12.4 Å². The summed E-state index contributed by atoms with van der Waals surface area (Å²) in [5, 5.41) is 3.91. The Kier molecular flexibility index (Phi) is 6.22. The molecule has 1 aliphatic rings. The third-order valence-electron chi connectivity index (χ3n) is 5.84. The lowest BCUT2D eigenvalue weighted by atomic mass is 9.97. The Morgan fingerprint density at radius 1 is 1.18 bits per heavy atom. The third kappa shape index (κ3) is 4.49. The van der Waals surface area contributed by atoms with Crippen LogP contribution >= 0.6 is 22.9 Å². The number of aryl methyl sites for hydroxylation is 2. The fraction of sp³-hybridized carbons (Fsp3) is 0.192. The standard InChI is InChI=1S/C26H22ClN3O3S/c1-33-18-11-9-16(10-12-18)24(31)28-17-6-4-5-15(13-17)14-20(27)23-29-25(32)22-19-7-2-3-8-21(19)34-26(22)30-23/h4-6,9-14H,2-3,7-8H2,1H3,(H,28,31)(H,29,30,32)/b20-14-. The van der Waals surface area contributed by atoms with E-state index in [0.717, 1.165) is 41.6 Å². The van der Waals surface area contributed by atoms with Gasteiger partial charge in [0.1, 0.15) is 10.6 Å². The molecule has 5 rings (SSSR count). The van der Waals surface area contributed by atoms with Gasteiger partial charge in [-0.05, 0) is 79.3 Å². The molecule has 2 aromatic carbocycles. The number of carbonyl (C=O) groups excluding carboxylic acids is 1. The molecule has 8 heteroatoms. The molecule has 172 valence electrons. The second-order valence-corrected chi connectivity index (χ2v) is 9.60. The highest BCUT2D eigenvalue weighted by molar-refractivity contribution is 7.18. The van der Waals surface area contributed by atoms with Crippen molar-refractivity contribution < 1.29 is 9.53 Å². The number of rotatable bonds is 5. The molecular weight excluding hydrogens is 470 g/mol. The fourth-order valence-corrected chi connectivity index (χ4v) is 5.62. The monoisotopic (exact) mass is 491 g/mol. The lowest BCUT2D eigenvalue weighted by Gasteiger charge is -2.09. The number of aromatic amines is 1. The van der Waals surface area contributed by atoms with Gasteiger partial charge in [0.2, 0.25) is 0 Å². The summed E-state index contributed by atoms with van der Waals surface area (Å²) in [6.07, 6.45) is 5.91. The molecule has 0 atom stereocenters. The number of carbonyl (C=O) groups is 1. The van der Waals surface area contributed by atoms with Gasteiger partial charge < -0.3 is 15.0 Å². The number of anilines is 1. The number of ether oxygens (including phenoxy) is 1. The van der Waals surface area contributed by atoms with Gasteiger partial charge in [0.25, 0.3) is 11.5 Å². The van der Waals surface area contributed by atoms with E-state index in [0.29, 0.717) is 33.2 Å². The van der Waals surface area contributed by atoms with Gasteiger partial charge >= 0.3 is 0 Å². The van der Waals surface area contributed by atoms with Crippen molar-refractivity contribution in [2.24, 2.45) is 0 Å². The fourth-order valence-electron chi connectivity index (χ4n) is 4.14. The Labute approximate surface area is 205 Å². The van der Waals surface area contributed by atoms with Gasteiger partial charge in [0.15, 0.2) is 5.82 Å². The largest absolute Gasteiger partial charge is 0.497 e. The molecule has 2 aromatic heterocycles. The lowest BCUT2D eigenvalue weighted by molar-refractivity contribution is 0.102. The number of thiophene rings is 1. The number of hydrogen-bond acceptors (Lipinski definition) is 5. The Hall–Kier alpha value is -3.42. The second kappa shape index (κ2) is 9.44. The summed E-state index contributed by atoms with van der Waals surface area (Å²) in [6, 6.07) is 14.2. The molecule has 34 heavy (non-hydrogen) atoms. The normalized spacial score (nSPS) is 13.5. The van der Waals surface area contributed by atoms with E-state index in [4.69, 9.17) is 16.3 Å². The Bertz CT molecular complexity index is 1470. The summed E-state index contributed by atoms with van der Waals surface area (Å²) in [6.45, 7) is 0. The minimum Gasteiger partial charge on any atom is -0.497 e. The zero-order valence-corrected chi connectivity index (χ0v) is 20.1. The topological polar surface area (TPSA) is 84.1 Å². The highest BCUT2D eigenvalue weighted by Crippen LogP contribution is 2.34. The van der Waals surface area contributed by atoms with Gasteiger partial charge in [-0.3, -0.25) is 9.59 Å². The number of halogens is 1. The first-order valence-corrected chi connectivity index (χ1v) is 12.2. The molecule has 1 aliphatic carbocycles. The Balaban J connectivity index is 1.39. The lowest BCUT2D eigenvalue weighted by Crippen LogP contribution is -2.12. The van der Waals surface area contributed by atoms with Gasteiger partial charge in [-0.25, -0.2) is 4.98 Å². The molecule has 0 saturated carbocycles. The summed E-state index contributed by atoms with van der Waals surface area (Å²) in [5.41, 5.74) is 2.92. The maximum absolute atomic E-state index is 12.8. The molecule has 1 amide bonds. The molecule has 0 fully saturated rings. The zero-order chi connectivity index (χ0) is 23.7. The molecule has 6 nitrogen and oxygen atoms in total. The van der Waals surface area contributed by atoms with E-state index in [1.165, 1.54) is 4.88 Å². The summed E-state index contributed by atoms with van der Waals surface area (Å²) < 4.78 is 5.13. The molecule has 0 unspecified atom stereocenters. The van der Waals surface area contributed by atoms with Gasteiger partial charge in [0, 0.05) is 16.1 Å². The number of nitrogens with one attached hydrogen (secondary N) is 2. The first-order chi connectivity index (χ1) is 16.5. The number of methoxy groups -OCH3 is 1. The van der Waals surface area contributed by atoms with Crippen molar-refractivity contribution in [1.29, 1.82) is 0 Å². The number of amides is 1. The molecule has 0 saturated heterocycles. The van der Waals surface area contributed by atoms with E-state index in [-0.39, 0.29) is 11.5 Å². The summed E-state index contributed by atoms with van der Waals surface area (Å²) in [7, 11) is 1.58. The number of nitrogens with zero attached hydrogens (tertiary/aromatic N) is 1. The molecule has 2 heterocycles. The predicted octanol–water partition coefficient (Wildman–Crippen LogP) is 5.86. The van der Waals surface area contributed by atoms with Crippen molar-refractivity contribution in [3.63, 3.8) is 0 Å². The number of benzene rings is 2. The maximum atomic E-state index is 12.8. The Morgan fingerprint density at radius 2 is 1.97 bits per heavy atom. The van der Waals surface area contributed by atoms with Crippen LogP contribution in [0.2, 0.25) is 0 Å². The van der Waals surface area contributed by atoms with E-state index in [1.807, 2.05) is 18.2 Å². The highest BCUT2D eigenvalue weighted by atomic mass is 35.5. The average molecular weight is 492 g/mol. The van der Waals surface area contributed by atoms with E-state index >= 15 is 0 Å². The van der Waals surface area contributed by atoms with Crippen molar-refractivity contribution in [2.45, 2.75) is 25.7 Å². The second-order valence-electron chi connectivity index (χ2n) is 8.11. The van der Waals surface area contributed by atoms with E-state index in [2.05, 4.69) is 15.3 Å². The summed E-state index contributed by atoms with van der Waals surface area (Å²) in [5.74, 6) is 0.796.